The number of cyclic esters (lactones) is 1. The molecule has 2 saturated carbocycles. The molecule has 254 valence electrons. The first-order valence-corrected chi connectivity index (χ1v) is 17.6. The van der Waals surface area contributed by atoms with Crippen LogP contribution in [0.5, 0.6) is 5.75 Å². The summed E-state index contributed by atoms with van der Waals surface area (Å²) in [7, 11) is 0. The molecule has 0 bridgehead atoms. The highest BCUT2D eigenvalue weighted by molar-refractivity contribution is 5.86. The third kappa shape index (κ3) is 4.91. The molecule has 6 atom stereocenters. The van der Waals surface area contributed by atoms with Crippen LogP contribution in [0, 0.1) is 17.3 Å². The number of esters is 2. The molecule has 49 heavy (non-hydrogen) atoms. The normalized spacial score (nSPS) is 28.9. The molecule has 9 heteroatoms. The van der Waals surface area contributed by atoms with E-state index in [1.54, 1.807) is 17.6 Å². The lowest BCUT2D eigenvalue weighted by atomic mass is 9.55. The number of aryl methyl sites for hydroxylation is 1. The van der Waals surface area contributed by atoms with Crippen molar-refractivity contribution in [3.8, 4) is 17.1 Å². The Morgan fingerprint density at radius 1 is 1.06 bits per heavy atom. The number of carbonyl (C=O) groups is 2. The second kappa shape index (κ2) is 11.5. The lowest BCUT2D eigenvalue weighted by Crippen LogP contribution is -2.45. The molecule has 9 nitrogen and oxygen atoms in total. The molecule has 6 unspecified atom stereocenters. The van der Waals surface area contributed by atoms with Crippen LogP contribution in [0.25, 0.3) is 22.3 Å². The maximum atomic E-state index is 13.0. The van der Waals surface area contributed by atoms with E-state index < -0.39 is 11.6 Å². The number of aromatic hydroxyl groups is 1. The second-order valence-corrected chi connectivity index (χ2v) is 14.8. The van der Waals surface area contributed by atoms with Crippen molar-refractivity contribution in [1.29, 1.82) is 0 Å². The lowest BCUT2D eigenvalue weighted by molar-refractivity contribution is -0.172. The summed E-state index contributed by atoms with van der Waals surface area (Å²) in [5, 5.41) is 21.6. The predicted molar refractivity (Wildman–Crippen MR) is 183 cm³/mol. The third-order valence-corrected chi connectivity index (χ3v) is 12.3. The summed E-state index contributed by atoms with van der Waals surface area (Å²) < 4.78 is 12.4. The molecule has 0 amide bonds. The molecule has 4 heterocycles. The van der Waals surface area contributed by atoms with Crippen LogP contribution >= 0.6 is 0 Å². The van der Waals surface area contributed by atoms with Crippen molar-refractivity contribution in [1.82, 2.24) is 9.55 Å². The topological polar surface area (TPSA) is 128 Å². The molecule has 3 aliphatic carbocycles. The first-order chi connectivity index (χ1) is 23.5. The SMILES string of the molecule is CC(=O)OC1CCC2C3CCc4cc(O)ccc4C3CCC12C.CCC1(O)C(=O)OCc2c1cc1n(c2=O)Cc2cc3ccccc3nc2-1. The standard InChI is InChI=1S/C20H16N2O4.C20H26O3/c1-2-20(25)14-8-16-17-12(7-11-5-3-4-6-15(11)21-17)9-22(16)18(23)13(14)10-26-19(20)24;1-12(21)23-19-8-7-18-17-5-3-13-11-14(22)4-6-15(13)16(17)9-10-20(18,19)2/h3-8,25H,2,9-10H2,1H3;4,6,11,16-19,22H,3,5,7-10H2,1-2H3. The lowest BCUT2D eigenvalue weighted by Gasteiger charge is -2.50. The van der Waals surface area contributed by atoms with E-state index in [1.807, 2.05) is 42.5 Å². The van der Waals surface area contributed by atoms with Gasteiger partial charge in [-0.05, 0) is 104 Å². The minimum Gasteiger partial charge on any atom is -0.508 e. The summed E-state index contributed by atoms with van der Waals surface area (Å²) in [6.45, 7) is 5.89. The number of benzene rings is 2. The zero-order valence-electron chi connectivity index (χ0n) is 28.2. The predicted octanol–water partition coefficient (Wildman–Crippen LogP) is 6.26. The van der Waals surface area contributed by atoms with Crippen molar-refractivity contribution >= 4 is 22.8 Å². The molecule has 2 fully saturated rings. The Morgan fingerprint density at radius 2 is 1.88 bits per heavy atom. The van der Waals surface area contributed by atoms with Gasteiger partial charge < -0.3 is 24.3 Å². The van der Waals surface area contributed by atoms with Crippen LogP contribution in [0.2, 0.25) is 0 Å². The Hall–Kier alpha value is -4.50. The number of rotatable bonds is 2. The van der Waals surface area contributed by atoms with E-state index in [2.05, 4.69) is 13.0 Å². The van der Waals surface area contributed by atoms with E-state index in [1.165, 1.54) is 37.3 Å². The van der Waals surface area contributed by atoms with E-state index in [0.717, 1.165) is 41.4 Å². The molecule has 2 aromatic carbocycles. The average molecular weight is 663 g/mol. The van der Waals surface area contributed by atoms with Gasteiger partial charge in [0.05, 0.1) is 29.0 Å². The van der Waals surface area contributed by atoms with Crippen LogP contribution < -0.4 is 5.56 Å². The summed E-state index contributed by atoms with van der Waals surface area (Å²) in [6.07, 6.45) is 7.02. The van der Waals surface area contributed by atoms with Crippen LogP contribution in [0.15, 0.2) is 59.4 Å². The number of phenols is 1. The van der Waals surface area contributed by atoms with Gasteiger partial charge in [-0.1, -0.05) is 38.1 Å². The van der Waals surface area contributed by atoms with Crippen LogP contribution in [0.3, 0.4) is 0 Å². The molecular formula is C40H42N2O7. The average Bonchev–Trinajstić information content (AvgIpc) is 3.62. The molecule has 0 spiro atoms. The summed E-state index contributed by atoms with van der Waals surface area (Å²) in [5.41, 5.74) is 4.76. The molecule has 9 rings (SSSR count). The van der Waals surface area contributed by atoms with Crippen molar-refractivity contribution in [2.24, 2.45) is 17.3 Å². The number of aliphatic hydroxyl groups is 1. The number of phenolic OH excluding ortho intramolecular Hbond substituents is 1. The number of aromatic nitrogens is 2. The van der Waals surface area contributed by atoms with Crippen LogP contribution in [0.4, 0.5) is 0 Å². The zero-order valence-corrected chi connectivity index (χ0v) is 28.2. The highest BCUT2D eigenvalue weighted by Gasteiger charge is 2.56. The molecule has 2 aliphatic heterocycles. The molecule has 2 aromatic heterocycles. The highest BCUT2D eigenvalue weighted by atomic mass is 16.6. The number of para-hydroxylation sites is 1. The zero-order chi connectivity index (χ0) is 34.2. The van der Waals surface area contributed by atoms with Gasteiger partial charge in [-0.25, -0.2) is 9.78 Å². The van der Waals surface area contributed by atoms with E-state index >= 15 is 0 Å². The fraction of sp³-hybridized carbons (Fsp3) is 0.450. The second-order valence-electron chi connectivity index (χ2n) is 14.8. The van der Waals surface area contributed by atoms with Gasteiger partial charge in [0.25, 0.3) is 5.56 Å². The number of hydrogen-bond acceptors (Lipinski definition) is 8. The number of ether oxygens (including phenoxy) is 2. The van der Waals surface area contributed by atoms with Crippen molar-refractivity contribution in [2.75, 3.05) is 0 Å². The minimum absolute atomic E-state index is 0.104. The van der Waals surface area contributed by atoms with E-state index in [0.29, 0.717) is 46.9 Å². The van der Waals surface area contributed by atoms with Crippen molar-refractivity contribution in [2.45, 2.75) is 96.5 Å². The van der Waals surface area contributed by atoms with Crippen molar-refractivity contribution in [3.05, 3.63) is 92.8 Å². The Kier molecular flexibility index (Phi) is 7.48. The molecule has 4 aromatic rings. The number of fused-ring (bicyclic) bond motifs is 10. The summed E-state index contributed by atoms with van der Waals surface area (Å²) in [5.74, 6) is 1.52. The van der Waals surface area contributed by atoms with Crippen LogP contribution in [0.1, 0.15) is 93.0 Å². The molecule has 2 N–H and O–H groups in total. The Bertz CT molecular complexity index is 2090. The molecule has 5 aliphatic rings. The van der Waals surface area contributed by atoms with Gasteiger partial charge in [-0.3, -0.25) is 9.59 Å². The van der Waals surface area contributed by atoms with Gasteiger partial charge in [-0.15, -0.1) is 0 Å². The van der Waals surface area contributed by atoms with Gasteiger partial charge in [0.15, 0.2) is 5.60 Å². The Morgan fingerprint density at radius 3 is 2.67 bits per heavy atom. The molecule has 0 saturated heterocycles. The molecule has 0 radical (unpaired) electrons. The fourth-order valence-corrected chi connectivity index (χ4v) is 9.84. The largest absolute Gasteiger partial charge is 0.508 e. The van der Waals surface area contributed by atoms with Gasteiger partial charge in [-0.2, -0.15) is 0 Å². The van der Waals surface area contributed by atoms with Crippen LogP contribution in [-0.4, -0.2) is 37.8 Å². The first kappa shape index (κ1) is 31.7. The smallest absolute Gasteiger partial charge is 0.343 e. The van der Waals surface area contributed by atoms with Crippen molar-refractivity contribution in [3.63, 3.8) is 0 Å². The quantitative estimate of drug-likeness (QED) is 0.212. The third-order valence-electron chi connectivity index (χ3n) is 12.3. The number of pyridine rings is 2. The summed E-state index contributed by atoms with van der Waals surface area (Å²) >= 11 is 0. The van der Waals surface area contributed by atoms with Gasteiger partial charge >= 0.3 is 11.9 Å². The molecular weight excluding hydrogens is 620 g/mol. The first-order valence-electron chi connectivity index (χ1n) is 17.6. The minimum atomic E-state index is -1.79. The Balaban J connectivity index is 0.000000143. The van der Waals surface area contributed by atoms with E-state index in [-0.39, 0.29) is 36.1 Å². The van der Waals surface area contributed by atoms with E-state index in [4.69, 9.17) is 14.5 Å². The van der Waals surface area contributed by atoms with Gasteiger partial charge in [0, 0.05) is 28.9 Å². The van der Waals surface area contributed by atoms with Gasteiger partial charge in [0.1, 0.15) is 18.5 Å². The maximum absolute atomic E-state index is 13.0. The van der Waals surface area contributed by atoms with Crippen molar-refractivity contribution < 1.29 is 29.3 Å². The number of hydrogen-bond donors (Lipinski definition) is 2. The summed E-state index contributed by atoms with van der Waals surface area (Å²) in [4.78, 5) is 41.3. The van der Waals surface area contributed by atoms with Gasteiger partial charge in [0.2, 0.25) is 0 Å². The monoisotopic (exact) mass is 662 g/mol. The summed E-state index contributed by atoms with van der Waals surface area (Å²) in [6, 6.07) is 17.5. The Labute approximate surface area is 284 Å². The number of nitrogens with zero attached hydrogens (tertiary/aromatic N) is 2. The number of carbonyl (C=O) groups excluding carboxylic acids is 2. The maximum Gasteiger partial charge on any atom is 0.343 e. The van der Waals surface area contributed by atoms with E-state index in [9.17, 15) is 24.6 Å². The fourth-order valence-electron chi connectivity index (χ4n) is 9.84. The highest BCUT2D eigenvalue weighted by Crippen LogP contribution is 2.61. The van der Waals surface area contributed by atoms with Crippen LogP contribution in [-0.2, 0) is 44.2 Å².